The molecule has 7 rings (SSSR count). The van der Waals surface area contributed by atoms with E-state index in [0.29, 0.717) is 10.8 Å². The van der Waals surface area contributed by atoms with Gasteiger partial charge in [0.1, 0.15) is 6.61 Å². The van der Waals surface area contributed by atoms with Gasteiger partial charge in [-0.1, -0.05) is 31.6 Å². The van der Waals surface area contributed by atoms with Gasteiger partial charge in [-0.15, -0.1) is 6.42 Å². The Bertz CT molecular complexity index is 1740. The molecule has 3 atom stereocenters. The van der Waals surface area contributed by atoms with Crippen LogP contribution in [0.5, 0.6) is 0 Å². The Morgan fingerprint density at radius 2 is 1.58 bits per heavy atom. The van der Waals surface area contributed by atoms with Crippen molar-refractivity contribution >= 4 is 52.4 Å². The Kier molecular flexibility index (Phi) is 11.0. The summed E-state index contributed by atoms with van der Waals surface area (Å²) in [5.74, 6) is 0.467. The molecule has 0 aromatic carbocycles. The Morgan fingerprint density at radius 3 is 2.13 bits per heavy atom. The lowest BCUT2D eigenvalue weighted by molar-refractivity contribution is -0.181. The predicted molar refractivity (Wildman–Crippen MR) is 193 cm³/mol. The predicted octanol–water partition coefficient (Wildman–Crippen LogP) is 6.10. The Hall–Kier alpha value is -3.76. The van der Waals surface area contributed by atoms with Crippen LogP contribution in [0.2, 0.25) is 5.28 Å². The number of nitrogens with one attached hydrogen (secondary N) is 1. The van der Waals surface area contributed by atoms with E-state index in [9.17, 15) is 19.2 Å². The highest BCUT2D eigenvalue weighted by Gasteiger charge is 2.47. The van der Waals surface area contributed by atoms with E-state index >= 15 is 0 Å². The van der Waals surface area contributed by atoms with Crippen molar-refractivity contribution in [2.24, 2.45) is 22.7 Å². The summed E-state index contributed by atoms with van der Waals surface area (Å²) >= 11 is 6.34. The van der Waals surface area contributed by atoms with Crippen molar-refractivity contribution in [1.82, 2.24) is 19.5 Å². The molecule has 2 spiro atoms. The number of methoxy groups -OCH3 is 1. The van der Waals surface area contributed by atoms with Crippen molar-refractivity contribution in [3.05, 3.63) is 11.6 Å². The number of aromatic nitrogens is 4. The molecule has 3 heterocycles. The number of carbonyl (C=O) groups is 4. The van der Waals surface area contributed by atoms with Gasteiger partial charge in [-0.3, -0.25) is 19.2 Å². The number of esters is 3. The van der Waals surface area contributed by atoms with Gasteiger partial charge in [0.2, 0.25) is 10.9 Å². The van der Waals surface area contributed by atoms with Gasteiger partial charge in [-0.25, -0.2) is 4.98 Å². The molecule has 1 unspecified atom stereocenters. The Morgan fingerprint density at radius 1 is 0.981 bits per heavy atom. The molecule has 1 N–H and O–H groups in total. The van der Waals surface area contributed by atoms with Crippen LogP contribution in [0.25, 0.3) is 11.2 Å². The van der Waals surface area contributed by atoms with Gasteiger partial charge in [-0.05, 0) is 99.5 Å². The highest BCUT2D eigenvalue weighted by Crippen LogP contribution is 2.51. The number of imidazole rings is 1. The van der Waals surface area contributed by atoms with Crippen LogP contribution in [0, 0.1) is 35.0 Å². The number of nitrogens with zero attached hydrogens (tertiary/aromatic N) is 4. The number of anilines is 1. The van der Waals surface area contributed by atoms with Crippen molar-refractivity contribution in [1.29, 1.82) is 0 Å². The molecule has 286 valence electrons. The van der Waals surface area contributed by atoms with Crippen LogP contribution < -0.4 is 5.32 Å². The minimum Gasteiger partial charge on any atom is -0.461 e. The molecule has 4 aliphatic carbocycles. The summed E-state index contributed by atoms with van der Waals surface area (Å²) in [7, 11) is 1.41. The van der Waals surface area contributed by atoms with E-state index in [1.54, 1.807) is 4.57 Å². The summed E-state index contributed by atoms with van der Waals surface area (Å²) in [5, 5.41) is 2.48. The molecule has 13 nitrogen and oxygen atoms in total. The fraction of sp³-hybridized carbons (Fsp3) is 0.718. The average Bonchev–Trinajstić information content (AvgIpc) is 3.99. The summed E-state index contributed by atoms with van der Waals surface area (Å²) in [6.45, 7) is -0.405. The maximum atomic E-state index is 14.0. The van der Waals surface area contributed by atoms with Crippen molar-refractivity contribution in [2.45, 2.75) is 140 Å². The first-order chi connectivity index (χ1) is 25.6. The maximum Gasteiger partial charge on any atom is 0.309 e. The zero-order chi connectivity index (χ0) is 37.2. The molecule has 53 heavy (non-hydrogen) atoms. The van der Waals surface area contributed by atoms with Crippen molar-refractivity contribution in [2.75, 3.05) is 19.0 Å². The average molecular weight is 752 g/mol. The lowest BCUT2D eigenvalue weighted by atomic mass is 9.69. The lowest BCUT2D eigenvalue weighted by Crippen LogP contribution is -2.52. The number of cyclic esters (lactones) is 1. The van der Waals surface area contributed by atoms with Crippen LogP contribution in [0.1, 0.15) is 116 Å². The summed E-state index contributed by atoms with van der Waals surface area (Å²) in [4.78, 5) is 65.0. The van der Waals surface area contributed by atoms with Gasteiger partial charge >= 0.3 is 17.9 Å². The van der Waals surface area contributed by atoms with E-state index < -0.39 is 29.7 Å². The number of hydrogen-bond acceptors (Lipinski definition) is 11. The first kappa shape index (κ1) is 37.6. The normalized spacial score (nSPS) is 25.5. The monoisotopic (exact) mass is 751 g/mol. The van der Waals surface area contributed by atoms with E-state index in [1.807, 2.05) is 0 Å². The Labute approximate surface area is 315 Å². The zero-order valence-electron chi connectivity index (χ0n) is 30.5. The van der Waals surface area contributed by atoms with Gasteiger partial charge in [0.05, 0.1) is 24.7 Å². The molecule has 2 aromatic rings. The molecule has 0 bridgehead atoms. The first-order valence-corrected chi connectivity index (χ1v) is 19.7. The molecular formula is C39H50ClN5O8. The number of hydrogen-bond donors (Lipinski definition) is 1. The molecule has 5 fully saturated rings. The number of fused-ring (bicyclic) bond motifs is 1. The van der Waals surface area contributed by atoms with Gasteiger partial charge in [0, 0.05) is 20.0 Å². The maximum absolute atomic E-state index is 14.0. The van der Waals surface area contributed by atoms with Crippen LogP contribution in [0.4, 0.5) is 5.82 Å². The molecule has 1 amide bonds. The van der Waals surface area contributed by atoms with Gasteiger partial charge in [-0.2, -0.15) is 9.97 Å². The van der Waals surface area contributed by atoms with Crippen LogP contribution in [0.15, 0.2) is 6.33 Å². The number of terminal acetylenes is 1. The topological polar surface area (TPSA) is 161 Å². The van der Waals surface area contributed by atoms with Gasteiger partial charge < -0.3 is 28.8 Å². The van der Waals surface area contributed by atoms with Gasteiger partial charge in [0.15, 0.2) is 29.2 Å². The second-order valence-corrected chi connectivity index (χ2v) is 16.5. The standard InChI is InChI=1S/C39H50ClN5O8/c1-3-39(50-2,23-51-34(48)25-10-18-37(19-11-25)14-4-5-15-37)28(53-35(49)26-12-20-38(21-13-26)16-6-7-17-38)22-45-24-41-30-31(43-36(40)44-32(30)45)42-33(47)27-8-9-29(46)52-27/h1,24-28H,4-23H2,2H3,(H,42,43,44,47)/t27-,28+,39?/m1/s1. The van der Waals surface area contributed by atoms with Crippen LogP contribution in [-0.2, 0) is 44.7 Å². The van der Waals surface area contributed by atoms with Gasteiger partial charge in [0.25, 0.3) is 5.91 Å². The minimum absolute atomic E-state index is 0.0269. The second kappa shape index (κ2) is 15.5. The molecular weight excluding hydrogens is 702 g/mol. The molecule has 4 saturated carbocycles. The van der Waals surface area contributed by atoms with E-state index in [4.69, 9.17) is 37.0 Å². The van der Waals surface area contributed by atoms with Crippen molar-refractivity contribution in [3.8, 4) is 12.3 Å². The largest absolute Gasteiger partial charge is 0.461 e. The summed E-state index contributed by atoms with van der Waals surface area (Å²) in [5.41, 5.74) is -0.512. The van der Waals surface area contributed by atoms with E-state index in [0.717, 1.165) is 51.4 Å². The fourth-order valence-corrected chi connectivity index (χ4v) is 9.86. The van der Waals surface area contributed by atoms with Crippen LogP contribution in [0.3, 0.4) is 0 Å². The first-order valence-electron chi connectivity index (χ1n) is 19.3. The molecule has 5 aliphatic rings. The SMILES string of the molecule is C#CC(COC(=O)C1CCC2(CCCC2)CC1)(OC)[C@H](Cn1cnc2c(NC(=O)[C@H]3CCC(=O)O3)nc(Cl)nc21)OC(=O)C1CCC2(CCCC2)CC1. The highest BCUT2D eigenvalue weighted by molar-refractivity contribution is 6.28. The molecule has 0 radical (unpaired) electrons. The Balaban J connectivity index is 1.11. The fourth-order valence-electron chi connectivity index (χ4n) is 9.70. The third-order valence-electron chi connectivity index (χ3n) is 13.1. The van der Waals surface area contributed by atoms with E-state index in [-0.39, 0.29) is 72.0 Å². The highest BCUT2D eigenvalue weighted by atomic mass is 35.5. The summed E-state index contributed by atoms with van der Waals surface area (Å²) in [6, 6.07) is 0. The molecule has 1 aliphatic heterocycles. The minimum atomic E-state index is -1.65. The van der Waals surface area contributed by atoms with Crippen molar-refractivity contribution < 1.29 is 38.1 Å². The summed E-state index contributed by atoms with van der Waals surface area (Å²) in [6.07, 6.45) is 22.9. The number of carbonyl (C=O) groups excluding carboxylic acids is 4. The molecule has 1 saturated heterocycles. The van der Waals surface area contributed by atoms with Crippen molar-refractivity contribution in [3.63, 3.8) is 0 Å². The quantitative estimate of drug-likeness (QED) is 0.122. The van der Waals surface area contributed by atoms with Crippen LogP contribution >= 0.6 is 11.6 Å². The van der Waals surface area contributed by atoms with Crippen LogP contribution in [-0.4, -0.2) is 74.9 Å². The number of amides is 1. The summed E-state index contributed by atoms with van der Waals surface area (Å²) < 4.78 is 24.9. The van der Waals surface area contributed by atoms with E-state index in [1.165, 1.54) is 64.8 Å². The zero-order valence-corrected chi connectivity index (χ0v) is 31.3. The molecule has 14 heteroatoms. The number of halogens is 1. The smallest absolute Gasteiger partial charge is 0.309 e. The second-order valence-electron chi connectivity index (χ2n) is 16.2. The molecule has 2 aromatic heterocycles. The third kappa shape index (κ3) is 7.90. The lowest BCUT2D eigenvalue weighted by Gasteiger charge is -2.39. The van der Waals surface area contributed by atoms with E-state index in [2.05, 4.69) is 26.2 Å². The number of ether oxygens (including phenoxy) is 4. The third-order valence-corrected chi connectivity index (χ3v) is 13.3. The number of rotatable bonds is 11.